The zero-order chi connectivity index (χ0) is 22.7. The van der Waals surface area contributed by atoms with Crippen LogP contribution in [-0.2, 0) is 11.3 Å². The van der Waals surface area contributed by atoms with Crippen molar-refractivity contribution in [3.8, 4) is 11.6 Å². The van der Waals surface area contributed by atoms with Gasteiger partial charge in [-0.3, -0.25) is 24.6 Å². The van der Waals surface area contributed by atoms with Crippen LogP contribution < -0.4 is 4.74 Å². The minimum atomic E-state index is -0.534. The minimum Gasteiger partial charge on any atom is -0.439 e. The largest absolute Gasteiger partial charge is 0.439 e. The Balaban J connectivity index is 1.43. The molecule has 2 aromatic carbocycles. The van der Waals surface area contributed by atoms with E-state index in [0.29, 0.717) is 10.7 Å². The van der Waals surface area contributed by atoms with Crippen LogP contribution in [0.5, 0.6) is 11.6 Å². The predicted octanol–water partition coefficient (Wildman–Crippen LogP) is 5.62. The molecule has 0 aliphatic carbocycles. The number of nitrogens with zero attached hydrogens (tertiary/aromatic N) is 3. The van der Waals surface area contributed by atoms with E-state index in [1.807, 2.05) is 24.3 Å². The molecule has 0 unspecified atom stereocenters. The Hall–Kier alpha value is -3.25. The van der Waals surface area contributed by atoms with E-state index in [0.717, 1.165) is 32.7 Å². The number of hydrogen-bond acceptors (Lipinski definition) is 7. The van der Waals surface area contributed by atoms with Crippen LogP contribution in [0.15, 0.2) is 71.8 Å². The summed E-state index contributed by atoms with van der Waals surface area (Å²) in [6.45, 7) is 0.230. The molecule has 32 heavy (non-hydrogen) atoms. The summed E-state index contributed by atoms with van der Waals surface area (Å²) in [5.41, 5.74) is 1.49. The van der Waals surface area contributed by atoms with Crippen LogP contribution in [0.3, 0.4) is 0 Å². The number of benzene rings is 2. The summed E-state index contributed by atoms with van der Waals surface area (Å²) >= 11 is 3.11. The molecule has 0 saturated carbocycles. The Morgan fingerprint density at radius 2 is 1.78 bits per heavy atom. The first-order valence-electron chi connectivity index (χ1n) is 9.27. The first kappa shape index (κ1) is 22.0. The fraction of sp³-hybridized carbons (Fsp3) is 0.0455. The second-order valence-corrected chi connectivity index (χ2v) is 8.92. The standard InChI is InChI=1S/C22H14IN3O5S/c23-16-5-1-15(2-6-16)13-25-21(27)19(32-22(25)28)11-14-3-8-18(9-4-14)31-20-10-7-17(12-24-20)26(29)30/h1-12H,13H2/b19-11-. The lowest BCUT2D eigenvalue weighted by atomic mass is 10.2. The molecule has 1 aliphatic rings. The molecule has 1 aliphatic heterocycles. The molecular formula is C22H14IN3O5S. The van der Waals surface area contributed by atoms with Crippen LogP contribution in [0, 0.1) is 13.7 Å². The van der Waals surface area contributed by atoms with Gasteiger partial charge in [0.1, 0.15) is 11.9 Å². The molecule has 0 radical (unpaired) electrons. The zero-order valence-electron chi connectivity index (χ0n) is 16.3. The quantitative estimate of drug-likeness (QED) is 0.167. The average molecular weight is 559 g/mol. The molecular weight excluding hydrogens is 545 g/mol. The van der Waals surface area contributed by atoms with Gasteiger partial charge in [-0.25, -0.2) is 4.98 Å². The molecule has 0 spiro atoms. The smallest absolute Gasteiger partial charge is 0.293 e. The monoisotopic (exact) mass is 559 g/mol. The molecule has 1 fully saturated rings. The van der Waals surface area contributed by atoms with Crippen molar-refractivity contribution in [1.82, 2.24) is 9.88 Å². The van der Waals surface area contributed by atoms with Crippen molar-refractivity contribution in [1.29, 1.82) is 0 Å². The summed E-state index contributed by atoms with van der Waals surface area (Å²) in [5.74, 6) is 0.379. The summed E-state index contributed by atoms with van der Waals surface area (Å²) in [6.07, 6.45) is 2.78. The number of thioether (sulfide) groups is 1. The number of aromatic nitrogens is 1. The van der Waals surface area contributed by atoms with E-state index in [4.69, 9.17) is 4.74 Å². The van der Waals surface area contributed by atoms with Crippen LogP contribution in [0.2, 0.25) is 0 Å². The van der Waals surface area contributed by atoms with Gasteiger partial charge in [0.05, 0.1) is 16.4 Å². The normalized spacial score (nSPS) is 14.8. The summed E-state index contributed by atoms with van der Waals surface area (Å²) in [7, 11) is 0. The maximum absolute atomic E-state index is 12.7. The van der Waals surface area contributed by atoms with Crippen molar-refractivity contribution < 1.29 is 19.2 Å². The molecule has 4 rings (SSSR count). The maximum Gasteiger partial charge on any atom is 0.293 e. The third-order valence-corrected chi connectivity index (χ3v) is 6.09. The molecule has 8 nitrogen and oxygen atoms in total. The SMILES string of the molecule is O=C1S/C(=C\c2ccc(Oc3ccc([N+](=O)[O-])cn3)cc2)C(=O)N1Cc1ccc(I)cc1. The molecule has 0 bridgehead atoms. The van der Waals surface area contributed by atoms with Crippen molar-refractivity contribution in [2.24, 2.45) is 0 Å². The summed E-state index contributed by atoms with van der Waals surface area (Å²) < 4.78 is 6.66. The van der Waals surface area contributed by atoms with Gasteiger partial charge in [0.25, 0.3) is 16.8 Å². The van der Waals surface area contributed by atoms with E-state index >= 15 is 0 Å². The van der Waals surface area contributed by atoms with Gasteiger partial charge in [-0.2, -0.15) is 0 Å². The highest BCUT2D eigenvalue weighted by Gasteiger charge is 2.34. The minimum absolute atomic E-state index is 0.122. The highest BCUT2D eigenvalue weighted by Crippen LogP contribution is 2.33. The van der Waals surface area contributed by atoms with E-state index in [1.54, 1.807) is 30.3 Å². The van der Waals surface area contributed by atoms with Gasteiger partial charge in [-0.1, -0.05) is 24.3 Å². The van der Waals surface area contributed by atoms with Crippen LogP contribution in [0.25, 0.3) is 6.08 Å². The van der Waals surface area contributed by atoms with E-state index < -0.39 is 4.92 Å². The molecule has 2 amide bonds. The third-order valence-electron chi connectivity index (χ3n) is 4.46. The Morgan fingerprint density at radius 1 is 1.06 bits per heavy atom. The molecule has 1 saturated heterocycles. The number of rotatable bonds is 6. The molecule has 10 heteroatoms. The van der Waals surface area contributed by atoms with Crippen LogP contribution in [0.4, 0.5) is 10.5 Å². The molecule has 0 N–H and O–H groups in total. The molecule has 3 aromatic rings. The van der Waals surface area contributed by atoms with Gasteiger partial charge >= 0.3 is 0 Å². The van der Waals surface area contributed by atoms with Gasteiger partial charge < -0.3 is 4.74 Å². The first-order chi connectivity index (χ1) is 15.4. The molecule has 160 valence electrons. The third kappa shape index (κ3) is 5.14. The Morgan fingerprint density at radius 3 is 2.41 bits per heavy atom. The molecule has 1 aromatic heterocycles. The lowest BCUT2D eigenvalue weighted by molar-refractivity contribution is -0.385. The number of hydrogen-bond donors (Lipinski definition) is 0. The number of carbonyl (C=O) groups is 2. The fourth-order valence-electron chi connectivity index (χ4n) is 2.85. The molecule has 2 heterocycles. The Bertz CT molecular complexity index is 1210. The van der Waals surface area contributed by atoms with Crippen LogP contribution >= 0.6 is 34.4 Å². The fourth-order valence-corrected chi connectivity index (χ4v) is 4.05. The first-order valence-corrected chi connectivity index (χ1v) is 11.2. The Labute approximate surface area is 200 Å². The summed E-state index contributed by atoms with van der Waals surface area (Å²) in [6, 6.07) is 17.2. The van der Waals surface area contributed by atoms with E-state index in [1.165, 1.54) is 17.0 Å². The van der Waals surface area contributed by atoms with Gasteiger partial charge in [-0.15, -0.1) is 0 Å². The van der Waals surface area contributed by atoms with Crippen molar-refractivity contribution in [2.45, 2.75) is 6.54 Å². The van der Waals surface area contributed by atoms with Crippen molar-refractivity contribution in [3.63, 3.8) is 0 Å². The van der Waals surface area contributed by atoms with Gasteiger partial charge in [0, 0.05) is 15.7 Å². The number of pyridine rings is 1. The topological polar surface area (TPSA) is 103 Å². The summed E-state index contributed by atoms with van der Waals surface area (Å²) in [4.78, 5) is 40.7. The van der Waals surface area contributed by atoms with Crippen molar-refractivity contribution in [2.75, 3.05) is 0 Å². The Kier molecular flexibility index (Phi) is 6.51. The second kappa shape index (κ2) is 9.49. The lowest BCUT2D eigenvalue weighted by Gasteiger charge is -2.12. The maximum atomic E-state index is 12.7. The van der Waals surface area contributed by atoms with Crippen molar-refractivity contribution in [3.05, 3.63) is 96.6 Å². The number of imide groups is 1. The highest BCUT2D eigenvalue weighted by molar-refractivity contribution is 14.1. The lowest BCUT2D eigenvalue weighted by Crippen LogP contribution is -2.27. The summed E-state index contributed by atoms with van der Waals surface area (Å²) in [5, 5.41) is 10.4. The second-order valence-electron chi connectivity index (χ2n) is 6.68. The van der Waals surface area contributed by atoms with E-state index in [-0.39, 0.29) is 29.3 Å². The van der Waals surface area contributed by atoms with E-state index in [9.17, 15) is 19.7 Å². The van der Waals surface area contributed by atoms with Crippen LogP contribution in [0.1, 0.15) is 11.1 Å². The average Bonchev–Trinajstić information content (AvgIpc) is 3.04. The van der Waals surface area contributed by atoms with E-state index in [2.05, 4.69) is 27.6 Å². The zero-order valence-corrected chi connectivity index (χ0v) is 19.3. The number of ether oxygens (including phenoxy) is 1. The van der Waals surface area contributed by atoms with Crippen molar-refractivity contribution >= 4 is 57.3 Å². The molecule has 0 atom stereocenters. The number of nitro groups is 1. The van der Waals surface area contributed by atoms with Gasteiger partial charge in [0.2, 0.25) is 5.88 Å². The number of halogens is 1. The van der Waals surface area contributed by atoms with Crippen LogP contribution in [-0.4, -0.2) is 26.0 Å². The number of carbonyl (C=O) groups excluding carboxylic acids is 2. The number of amides is 2. The predicted molar refractivity (Wildman–Crippen MR) is 128 cm³/mol. The van der Waals surface area contributed by atoms with Gasteiger partial charge in [-0.05, 0) is 75.8 Å². The highest BCUT2D eigenvalue weighted by atomic mass is 127. The van der Waals surface area contributed by atoms with Gasteiger partial charge in [0.15, 0.2) is 0 Å².